The summed E-state index contributed by atoms with van der Waals surface area (Å²) >= 11 is 0. The minimum absolute atomic E-state index is 0.00554. The third-order valence-electron chi connectivity index (χ3n) is 8.57. The highest BCUT2D eigenvalue weighted by Gasteiger charge is 2.33. The summed E-state index contributed by atoms with van der Waals surface area (Å²) in [6, 6.07) is 28.8. The van der Waals surface area contributed by atoms with Crippen LogP contribution in [0.5, 0.6) is 0 Å². The second kappa shape index (κ2) is 11.3. The monoisotopic (exact) mass is 531 g/mol. The Hall–Kier alpha value is -3.96. The molecular weight excluding hydrogens is 494 g/mol. The molecule has 0 saturated heterocycles. The highest BCUT2D eigenvalue weighted by molar-refractivity contribution is 5.89. The number of hydrogen-bond acceptors (Lipinski definition) is 3. The predicted octanol–water partition coefficient (Wildman–Crippen LogP) is 6.82. The maximum absolute atomic E-state index is 13.7. The Morgan fingerprint density at radius 2 is 1.70 bits per heavy atom. The fraction of sp³-hybridized carbons (Fsp3) is 0.314. The van der Waals surface area contributed by atoms with Crippen molar-refractivity contribution in [3.63, 3.8) is 0 Å². The molecule has 2 N–H and O–H groups in total. The Bertz CT molecular complexity index is 1630. The van der Waals surface area contributed by atoms with E-state index < -0.39 is 6.04 Å². The summed E-state index contributed by atoms with van der Waals surface area (Å²) in [6.07, 6.45) is 5.27. The molecule has 3 aromatic carbocycles. The lowest BCUT2D eigenvalue weighted by Gasteiger charge is -2.26. The average molecular weight is 532 g/mol. The van der Waals surface area contributed by atoms with E-state index in [0.29, 0.717) is 5.92 Å². The SMILES string of the molecule is Cc1cc(C)n2c(cc3c(Cc4ccc([C@H](C(=O)N[C@@H](CO)c5ccccc5)C5CCCC5)cc4)cccc32)n1. The Morgan fingerprint density at radius 3 is 2.42 bits per heavy atom. The molecule has 2 heterocycles. The third-order valence-corrected chi connectivity index (χ3v) is 8.57. The number of fused-ring (bicyclic) bond motifs is 3. The zero-order valence-corrected chi connectivity index (χ0v) is 23.3. The lowest BCUT2D eigenvalue weighted by Crippen LogP contribution is -2.37. The molecule has 1 amide bonds. The van der Waals surface area contributed by atoms with Crippen molar-refractivity contribution in [3.05, 3.63) is 119 Å². The van der Waals surface area contributed by atoms with Crippen molar-refractivity contribution in [1.82, 2.24) is 14.7 Å². The van der Waals surface area contributed by atoms with E-state index in [1.165, 1.54) is 40.6 Å². The maximum atomic E-state index is 13.7. The summed E-state index contributed by atoms with van der Waals surface area (Å²) in [4.78, 5) is 18.5. The van der Waals surface area contributed by atoms with Gasteiger partial charge in [0.15, 0.2) is 0 Å². The zero-order valence-electron chi connectivity index (χ0n) is 23.3. The van der Waals surface area contributed by atoms with E-state index in [0.717, 1.165) is 41.7 Å². The largest absolute Gasteiger partial charge is 0.394 e. The van der Waals surface area contributed by atoms with E-state index in [2.05, 4.69) is 71.2 Å². The van der Waals surface area contributed by atoms with Gasteiger partial charge in [-0.2, -0.15) is 0 Å². The average Bonchev–Trinajstić information content (AvgIpc) is 3.62. The number of carbonyl (C=O) groups is 1. The number of nitrogens with zero attached hydrogens (tertiary/aromatic N) is 2. The summed E-state index contributed by atoms with van der Waals surface area (Å²) in [5.41, 5.74) is 8.85. The fourth-order valence-electron chi connectivity index (χ4n) is 6.64. The van der Waals surface area contributed by atoms with Gasteiger partial charge < -0.3 is 10.4 Å². The second-order valence-corrected chi connectivity index (χ2v) is 11.3. The molecule has 6 rings (SSSR count). The number of aliphatic hydroxyl groups excluding tert-OH is 1. The summed E-state index contributed by atoms with van der Waals surface area (Å²) in [7, 11) is 0. The van der Waals surface area contributed by atoms with Crippen molar-refractivity contribution in [1.29, 1.82) is 0 Å². The molecule has 1 fully saturated rings. The van der Waals surface area contributed by atoms with Crippen LogP contribution in [0.2, 0.25) is 0 Å². The normalized spacial score (nSPS) is 15.5. The van der Waals surface area contributed by atoms with Gasteiger partial charge in [-0.25, -0.2) is 4.98 Å². The first-order valence-corrected chi connectivity index (χ1v) is 14.4. The molecule has 5 nitrogen and oxygen atoms in total. The van der Waals surface area contributed by atoms with Gasteiger partial charge in [-0.05, 0) is 79.5 Å². The Labute approximate surface area is 235 Å². The van der Waals surface area contributed by atoms with Crippen LogP contribution >= 0.6 is 0 Å². The molecule has 0 bridgehead atoms. The van der Waals surface area contributed by atoms with Crippen LogP contribution in [0.4, 0.5) is 0 Å². The third kappa shape index (κ3) is 5.14. The van der Waals surface area contributed by atoms with Crippen LogP contribution in [0.25, 0.3) is 16.6 Å². The van der Waals surface area contributed by atoms with Gasteiger partial charge in [0, 0.05) is 16.8 Å². The molecule has 2 atom stereocenters. The summed E-state index contributed by atoms with van der Waals surface area (Å²) in [5, 5.41) is 14.4. The molecule has 40 heavy (non-hydrogen) atoms. The van der Waals surface area contributed by atoms with Gasteiger partial charge in [0.05, 0.1) is 24.1 Å². The molecule has 1 aliphatic carbocycles. The fourth-order valence-corrected chi connectivity index (χ4v) is 6.64. The molecule has 0 aliphatic heterocycles. The first-order chi connectivity index (χ1) is 19.5. The van der Waals surface area contributed by atoms with E-state index >= 15 is 0 Å². The van der Waals surface area contributed by atoms with Gasteiger partial charge in [0.25, 0.3) is 0 Å². The lowest BCUT2D eigenvalue weighted by atomic mass is 9.83. The molecule has 1 saturated carbocycles. The number of aromatic nitrogens is 2. The first kappa shape index (κ1) is 26.3. The highest BCUT2D eigenvalue weighted by Crippen LogP contribution is 2.38. The van der Waals surface area contributed by atoms with Gasteiger partial charge in [0.1, 0.15) is 5.65 Å². The molecule has 204 valence electrons. The van der Waals surface area contributed by atoms with Crippen LogP contribution in [0.1, 0.15) is 71.3 Å². The number of amides is 1. The van der Waals surface area contributed by atoms with Gasteiger partial charge in [0.2, 0.25) is 5.91 Å². The molecule has 0 unspecified atom stereocenters. The van der Waals surface area contributed by atoms with E-state index in [1.807, 2.05) is 37.3 Å². The quantitative estimate of drug-likeness (QED) is 0.231. The smallest absolute Gasteiger partial charge is 0.228 e. The second-order valence-electron chi connectivity index (χ2n) is 11.3. The van der Waals surface area contributed by atoms with E-state index in [4.69, 9.17) is 4.98 Å². The summed E-state index contributed by atoms with van der Waals surface area (Å²) < 4.78 is 2.23. The summed E-state index contributed by atoms with van der Waals surface area (Å²) in [5.74, 6) is 0.112. The van der Waals surface area contributed by atoms with Crippen LogP contribution in [0, 0.1) is 19.8 Å². The van der Waals surface area contributed by atoms with E-state index in [-0.39, 0.29) is 18.4 Å². The van der Waals surface area contributed by atoms with Gasteiger partial charge in [-0.15, -0.1) is 0 Å². The van der Waals surface area contributed by atoms with E-state index in [9.17, 15) is 9.90 Å². The van der Waals surface area contributed by atoms with Crippen molar-refractivity contribution in [2.75, 3.05) is 6.61 Å². The van der Waals surface area contributed by atoms with E-state index in [1.54, 1.807) is 0 Å². The topological polar surface area (TPSA) is 66.6 Å². The number of rotatable bonds is 8. The summed E-state index contributed by atoms with van der Waals surface area (Å²) in [6.45, 7) is 4.05. The van der Waals surface area contributed by atoms with Crippen LogP contribution in [-0.4, -0.2) is 27.0 Å². The van der Waals surface area contributed by atoms with Crippen molar-refractivity contribution in [2.24, 2.45) is 5.92 Å². The zero-order chi connectivity index (χ0) is 27.6. The number of nitrogens with one attached hydrogen (secondary N) is 1. The van der Waals surface area contributed by atoms with Crippen molar-refractivity contribution >= 4 is 22.5 Å². The first-order valence-electron chi connectivity index (χ1n) is 14.4. The van der Waals surface area contributed by atoms with Crippen molar-refractivity contribution < 1.29 is 9.90 Å². The molecular formula is C35H37N3O2. The Morgan fingerprint density at radius 1 is 0.950 bits per heavy atom. The number of benzene rings is 3. The Balaban J connectivity index is 1.26. The lowest BCUT2D eigenvalue weighted by molar-refractivity contribution is -0.124. The molecule has 1 aliphatic rings. The van der Waals surface area contributed by atoms with Crippen LogP contribution < -0.4 is 5.32 Å². The Kier molecular flexibility index (Phi) is 7.40. The molecule has 0 spiro atoms. The van der Waals surface area contributed by atoms with Crippen molar-refractivity contribution in [2.45, 2.75) is 57.9 Å². The minimum Gasteiger partial charge on any atom is -0.394 e. The molecule has 2 aromatic heterocycles. The number of carbonyl (C=O) groups excluding carboxylic acids is 1. The number of aliphatic hydroxyl groups is 1. The molecule has 5 heteroatoms. The van der Waals surface area contributed by atoms with Gasteiger partial charge >= 0.3 is 0 Å². The molecule has 0 radical (unpaired) electrons. The van der Waals surface area contributed by atoms with Crippen LogP contribution in [-0.2, 0) is 11.2 Å². The highest BCUT2D eigenvalue weighted by atomic mass is 16.3. The minimum atomic E-state index is -0.405. The van der Waals surface area contributed by atoms with Gasteiger partial charge in [-0.3, -0.25) is 9.20 Å². The van der Waals surface area contributed by atoms with Crippen LogP contribution in [0.15, 0.2) is 84.9 Å². The maximum Gasteiger partial charge on any atom is 0.228 e. The van der Waals surface area contributed by atoms with Crippen molar-refractivity contribution in [3.8, 4) is 0 Å². The molecule has 5 aromatic rings. The predicted molar refractivity (Wildman–Crippen MR) is 161 cm³/mol. The van der Waals surface area contributed by atoms with Gasteiger partial charge in [-0.1, -0.05) is 79.6 Å². The van der Waals surface area contributed by atoms with Crippen LogP contribution in [0.3, 0.4) is 0 Å². The number of aryl methyl sites for hydroxylation is 2. The number of hydrogen-bond donors (Lipinski definition) is 2. The standard InChI is InChI=1S/C35H37N3O2/c1-23-19-24(2)38-32-14-8-13-29(30(32)21-33(38)36-23)20-25-15-17-28(18-16-25)34(27-11-6-7-12-27)35(40)37-31(22-39)26-9-4-3-5-10-26/h3-5,8-10,13-19,21,27,31,34,39H,6-7,11-12,20,22H2,1-2H3,(H,37,40)/t31-,34+/m0/s1.